The second-order valence-electron chi connectivity index (χ2n) is 5.88. The molecule has 11 heteroatoms. The zero-order valence-electron chi connectivity index (χ0n) is 14.2. The Kier molecular flexibility index (Phi) is 4.55. The molecule has 0 saturated carbocycles. The van der Waals surface area contributed by atoms with Crippen LogP contribution in [0.15, 0.2) is 48.2 Å². The number of pyridine rings is 1. The van der Waals surface area contributed by atoms with E-state index in [1.807, 2.05) is 0 Å². The quantitative estimate of drug-likeness (QED) is 0.374. The highest BCUT2D eigenvalue weighted by Gasteiger charge is 2.20. The number of hydrogen-bond acceptors (Lipinski definition) is 6. The van der Waals surface area contributed by atoms with Gasteiger partial charge in [0, 0.05) is 11.8 Å². The van der Waals surface area contributed by atoms with Crippen LogP contribution in [0.25, 0.3) is 28.3 Å². The number of nitrogens with zero attached hydrogens (tertiary/aromatic N) is 7. The maximum absolute atomic E-state index is 13.2. The maximum atomic E-state index is 13.2. The molecule has 8 nitrogen and oxygen atoms in total. The first-order chi connectivity index (χ1) is 13.6. The molecule has 0 amide bonds. The summed E-state index contributed by atoms with van der Waals surface area (Å²) in [5.74, 6) is -0.665. The molecule has 142 valence electrons. The summed E-state index contributed by atoms with van der Waals surface area (Å²) in [6.45, 7) is -0.730. The third-order valence-corrected chi connectivity index (χ3v) is 4.08. The second-order valence-corrected chi connectivity index (χ2v) is 5.88. The predicted octanol–water partition coefficient (Wildman–Crippen LogP) is 3.33. The number of fused-ring (bicyclic) bond motifs is 1. The number of imidazole rings is 2. The first kappa shape index (κ1) is 17.8. The van der Waals surface area contributed by atoms with Crippen LogP contribution in [0.2, 0.25) is 0 Å². The number of nitroso groups, excluding NO2 is 1. The lowest BCUT2D eigenvalue weighted by atomic mass is 10.1. The summed E-state index contributed by atoms with van der Waals surface area (Å²) in [5, 5.41) is 7.26. The van der Waals surface area contributed by atoms with Crippen molar-refractivity contribution in [2.45, 2.75) is 19.5 Å². The molecule has 0 aliphatic rings. The van der Waals surface area contributed by atoms with E-state index >= 15 is 0 Å². The summed E-state index contributed by atoms with van der Waals surface area (Å²) >= 11 is 0. The van der Waals surface area contributed by atoms with Crippen molar-refractivity contribution in [3.05, 3.63) is 59.5 Å². The summed E-state index contributed by atoms with van der Waals surface area (Å²) in [4.78, 5) is 22.5. The molecule has 0 unspecified atom stereocenters. The molecule has 4 aromatic rings. The van der Waals surface area contributed by atoms with Crippen LogP contribution in [-0.4, -0.2) is 35.6 Å². The molecular formula is C17H12F3N7O. The smallest absolute Gasteiger partial charge is 0.256 e. The maximum Gasteiger partial charge on any atom is 0.256 e. The van der Waals surface area contributed by atoms with Crippen LogP contribution in [0.3, 0.4) is 0 Å². The van der Waals surface area contributed by atoms with Crippen molar-refractivity contribution >= 4 is 5.65 Å². The molecule has 0 atom stereocenters. The predicted molar refractivity (Wildman–Crippen MR) is 92.9 cm³/mol. The van der Waals surface area contributed by atoms with Gasteiger partial charge in [0.1, 0.15) is 12.2 Å². The van der Waals surface area contributed by atoms with Crippen molar-refractivity contribution in [1.29, 1.82) is 0 Å². The Labute approximate surface area is 155 Å². The van der Waals surface area contributed by atoms with Gasteiger partial charge in [-0.2, -0.15) is 14.4 Å². The summed E-state index contributed by atoms with van der Waals surface area (Å²) in [6, 6.07) is 5.87. The zero-order chi connectivity index (χ0) is 19.7. The summed E-state index contributed by atoms with van der Waals surface area (Å²) < 4.78 is 42.0. The minimum absolute atomic E-state index is 0.136. The van der Waals surface area contributed by atoms with Gasteiger partial charge in [-0.25, -0.2) is 28.2 Å². The fourth-order valence-corrected chi connectivity index (χ4v) is 2.89. The van der Waals surface area contributed by atoms with Crippen LogP contribution in [-0.2, 0) is 13.1 Å². The highest BCUT2D eigenvalue weighted by molar-refractivity contribution is 5.76. The average molecular weight is 387 g/mol. The van der Waals surface area contributed by atoms with E-state index in [4.69, 9.17) is 0 Å². The van der Waals surface area contributed by atoms with Gasteiger partial charge in [0.25, 0.3) is 6.43 Å². The van der Waals surface area contributed by atoms with Crippen molar-refractivity contribution in [3.8, 4) is 22.6 Å². The van der Waals surface area contributed by atoms with Crippen molar-refractivity contribution in [2.75, 3.05) is 0 Å². The van der Waals surface area contributed by atoms with E-state index in [0.717, 1.165) is 6.07 Å². The van der Waals surface area contributed by atoms with E-state index in [2.05, 4.69) is 25.2 Å². The van der Waals surface area contributed by atoms with Crippen LogP contribution in [0.5, 0.6) is 0 Å². The molecule has 0 bridgehead atoms. The molecule has 0 aromatic carbocycles. The summed E-state index contributed by atoms with van der Waals surface area (Å²) in [7, 11) is 0. The van der Waals surface area contributed by atoms with Gasteiger partial charge in [-0.1, -0.05) is 5.18 Å². The van der Waals surface area contributed by atoms with Crippen LogP contribution in [0.4, 0.5) is 13.2 Å². The molecule has 0 aliphatic heterocycles. The van der Waals surface area contributed by atoms with Gasteiger partial charge in [-0.3, -0.25) is 0 Å². The number of rotatable bonds is 6. The van der Waals surface area contributed by atoms with E-state index < -0.39 is 18.9 Å². The van der Waals surface area contributed by atoms with Gasteiger partial charge < -0.3 is 4.57 Å². The number of hydrogen-bond donors (Lipinski definition) is 0. The molecule has 0 N–H and O–H groups in total. The highest BCUT2D eigenvalue weighted by atomic mass is 19.3. The van der Waals surface area contributed by atoms with Crippen molar-refractivity contribution in [2.24, 2.45) is 5.18 Å². The molecule has 0 fully saturated rings. The number of aromatic nitrogens is 6. The van der Waals surface area contributed by atoms with Gasteiger partial charge in [-0.15, -0.1) is 0 Å². The van der Waals surface area contributed by atoms with Gasteiger partial charge in [0.2, 0.25) is 5.95 Å². The van der Waals surface area contributed by atoms with E-state index in [9.17, 15) is 18.1 Å². The normalized spacial score (nSPS) is 11.4. The molecule has 0 radical (unpaired) electrons. The van der Waals surface area contributed by atoms with Crippen molar-refractivity contribution in [3.63, 3.8) is 0 Å². The van der Waals surface area contributed by atoms with Crippen molar-refractivity contribution in [1.82, 2.24) is 29.1 Å². The Balaban J connectivity index is 1.90. The fraction of sp³-hybridized carbons (Fsp3) is 0.176. The van der Waals surface area contributed by atoms with Crippen LogP contribution in [0.1, 0.15) is 5.69 Å². The van der Waals surface area contributed by atoms with Crippen LogP contribution >= 0.6 is 0 Å². The molecular weight excluding hydrogens is 375 g/mol. The lowest BCUT2D eigenvalue weighted by molar-refractivity contribution is 0.127. The topological polar surface area (TPSA) is 90.3 Å². The Hall–Kier alpha value is -3.63. The van der Waals surface area contributed by atoms with E-state index in [1.54, 1.807) is 12.1 Å². The molecule has 0 spiro atoms. The molecule has 28 heavy (non-hydrogen) atoms. The standard InChI is InChI=1S/C17H12F3N7O/c18-13(19)8-26-9-23-16(10-1-3-14(20)21-5-10)17(26)12-2-4-15-22-6-11(7-24-28)27(15)25-12/h1-6,9,13H,7-8H2. The van der Waals surface area contributed by atoms with Crippen LogP contribution in [0, 0.1) is 10.9 Å². The summed E-state index contributed by atoms with van der Waals surface area (Å²) in [6.07, 6.45) is 1.40. The van der Waals surface area contributed by atoms with Gasteiger partial charge in [0.05, 0.1) is 36.2 Å². The molecule has 4 aromatic heterocycles. The summed E-state index contributed by atoms with van der Waals surface area (Å²) in [5.41, 5.74) is 2.36. The Morgan fingerprint density at radius 2 is 1.93 bits per heavy atom. The van der Waals surface area contributed by atoms with Gasteiger partial charge in [-0.05, 0) is 24.3 Å². The Morgan fingerprint density at radius 1 is 1.07 bits per heavy atom. The molecule has 4 rings (SSSR count). The van der Waals surface area contributed by atoms with E-state index in [0.29, 0.717) is 34.0 Å². The molecule has 4 heterocycles. The fourth-order valence-electron chi connectivity index (χ4n) is 2.89. The third-order valence-electron chi connectivity index (χ3n) is 4.08. The van der Waals surface area contributed by atoms with Gasteiger partial charge >= 0.3 is 0 Å². The first-order valence-electron chi connectivity index (χ1n) is 8.15. The van der Waals surface area contributed by atoms with E-state index in [-0.39, 0.29) is 6.54 Å². The zero-order valence-corrected chi connectivity index (χ0v) is 14.2. The lowest BCUT2D eigenvalue weighted by Crippen LogP contribution is -2.09. The van der Waals surface area contributed by atoms with E-state index in [1.165, 1.54) is 33.9 Å². The second kappa shape index (κ2) is 7.18. The number of alkyl halides is 2. The minimum atomic E-state index is -2.61. The molecule has 0 saturated heterocycles. The van der Waals surface area contributed by atoms with Crippen molar-refractivity contribution < 1.29 is 13.2 Å². The monoisotopic (exact) mass is 387 g/mol. The lowest BCUT2D eigenvalue weighted by Gasteiger charge is -2.10. The third kappa shape index (κ3) is 3.21. The number of halogens is 3. The minimum Gasteiger partial charge on any atom is -0.323 e. The molecule has 0 aliphatic carbocycles. The Morgan fingerprint density at radius 3 is 2.64 bits per heavy atom. The Bertz CT molecular complexity index is 1140. The highest BCUT2D eigenvalue weighted by Crippen LogP contribution is 2.30. The first-order valence-corrected chi connectivity index (χ1v) is 8.15. The largest absolute Gasteiger partial charge is 0.323 e. The SMILES string of the molecule is O=NCc1cnc2ccc(-c3c(-c4ccc(F)nc4)ncn3CC(F)F)nn12. The average Bonchev–Trinajstić information content (AvgIpc) is 3.26. The van der Waals surface area contributed by atoms with Crippen LogP contribution < -0.4 is 0 Å². The van der Waals surface area contributed by atoms with Gasteiger partial charge in [0.15, 0.2) is 5.65 Å².